The number of fused-ring (bicyclic) bond motifs is 6. The Balaban J connectivity index is 1.66. The molecule has 1 aliphatic carbocycles. The normalized spacial score (nSPS) is 15.3. The molecule has 4 aromatic rings. The summed E-state index contributed by atoms with van der Waals surface area (Å²) in [6.07, 6.45) is 6.58. The summed E-state index contributed by atoms with van der Waals surface area (Å²) >= 11 is 0. The fourth-order valence-corrected chi connectivity index (χ4v) is 4.86. The van der Waals surface area contributed by atoms with Crippen molar-refractivity contribution < 1.29 is 5.11 Å². The van der Waals surface area contributed by atoms with Crippen LogP contribution in [0.2, 0.25) is 0 Å². The number of hydrogen-bond donors (Lipinski definition) is 2. The fraction of sp³-hybridized carbons (Fsp3) is 0.250. The number of aryl methyl sites for hydroxylation is 1. The summed E-state index contributed by atoms with van der Waals surface area (Å²) in [4.78, 5) is 12.9. The number of nitrogens with one attached hydrogen (secondary N) is 1. The first-order valence-corrected chi connectivity index (χ1v) is 10.0. The van der Waals surface area contributed by atoms with Crippen molar-refractivity contribution in [3.63, 3.8) is 0 Å². The lowest BCUT2D eigenvalue weighted by atomic mass is 9.85. The lowest BCUT2D eigenvalue weighted by Crippen LogP contribution is -2.08. The molecule has 0 bridgehead atoms. The molecule has 6 rings (SSSR count). The minimum atomic E-state index is 0.0283. The van der Waals surface area contributed by atoms with E-state index in [1.807, 2.05) is 6.21 Å². The van der Waals surface area contributed by atoms with Gasteiger partial charge in [0.2, 0.25) is 0 Å². The summed E-state index contributed by atoms with van der Waals surface area (Å²) < 4.78 is 0. The van der Waals surface area contributed by atoms with Gasteiger partial charge in [0.1, 0.15) is 0 Å². The standard InChI is InChI=1S/C24H21N3O/c28-13-17-10-20-21(26-17)7-8-22-23(20)18-3-1-2-4-19(18)24(27-22)14-5-6-15-11-25-12-16(15)9-14/h5-10,12,26,28H,1-4,11,13H2. The summed E-state index contributed by atoms with van der Waals surface area (Å²) in [5, 5.41) is 12.0. The molecule has 2 aromatic carbocycles. The summed E-state index contributed by atoms with van der Waals surface area (Å²) in [7, 11) is 0. The summed E-state index contributed by atoms with van der Waals surface area (Å²) in [5.74, 6) is 0. The van der Waals surface area contributed by atoms with Crippen LogP contribution in [0, 0.1) is 0 Å². The van der Waals surface area contributed by atoms with Crippen LogP contribution in [0.25, 0.3) is 33.1 Å². The van der Waals surface area contributed by atoms with Gasteiger partial charge in [-0.2, -0.15) is 0 Å². The number of aliphatic imine (C=N–C) groups is 1. The largest absolute Gasteiger partial charge is 0.390 e. The highest BCUT2D eigenvalue weighted by atomic mass is 16.3. The van der Waals surface area contributed by atoms with E-state index in [4.69, 9.17) is 4.98 Å². The molecule has 0 amide bonds. The zero-order valence-electron chi connectivity index (χ0n) is 15.6. The van der Waals surface area contributed by atoms with Crippen molar-refractivity contribution in [2.45, 2.75) is 38.8 Å². The Bertz CT molecular complexity index is 1280. The maximum absolute atomic E-state index is 9.56. The van der Waals surface area contributed by atoms with Crippen molar-refractivity contribution in [1.82, 2.24) is 9.97 Å². The highest BCUT2D eigenvalue weighted by Gasteiger charge is 2.22. The van der Waals surface area contributed by atoms with E-state index in [-0.39, 0.29) is 6.61 Å². The Hall–Kier alpha value is -2.98. The Kier molecular flexibility index (Phi) is 3.44. The van der Waals surface area contributed by atoms with Gasteiger partial charge in [-0.1, -0.05) is 12.1 Å². The minimum Gasteiger partial charge on any atom is -0.390 e. The van der Waals surface area contributed by atoms with Crippen molar-refractivity contribution in [2.24, 2.45) is 4.99 Å². The smallest absolute Gasteiger partial charge is 0.0831 e. The minimum absolute atomic E-state index is 0.0283. The molecule has 2 aliphatic rings. The van der Waals surface area contributed by atoms with Gasteiger partial charge in [0.05, 0.1) is 24.4 Å². The van der Waals surface area contributed by atoms with Gasteiger partial charge in [-0.25, -0.2) is 4.98 Å². The lowest BCUT2D eigenvalue weighted by molar-refractivity contribution is 0.278. The number of pyridine rings is 1. The number of aromatic amines is 1. The van der Waals surface area contributed by atoms with Crippen molar-refractivity contribution in [3.8, 4) is 11.3 Å². The van der Waals surface area contributed by atoms with Crippen LogP contribution in [0.5, 0.6) is 0 Å². The second-order valence-electron chi connectivity index (χ2n) is 7.88. The van der Waals surface area contributed by atoms with Crippen LogP contribution >= 0.6 is 0 Å². The molecule has 0 saturated carbocycles. The van der Waals surface area contributed by atoms with Crippen molar-refractivity contribution >= 4 is 28.0 Å². The average Bonchev–Trinajstić information content (AvgIpc) is 3.38. The molecule has 0 unspecified atom stereocenters. The highest BCUT2D eigenvalue weighted by molar-refractivity contribution is 6.08. The van der Waals surface area contributed by atoms with E-state index in [1.165, 1.54) is 51.4 Å². The van der Waals surface area contributed by atoms with E-state index in [9.17, 15) is 5.11 Å². The van der Waals surface area contributed by atoms with Crippen molar-refractivity contribution in [2.75, 3.05) is 0 Å². The Morgan fingerprint density at radius 1 is 1.00 bits per heavy atom. The second kappa shape index (κ2) is 6.01. The maximum Gasteiger partial charge on any atom is 0.0831 e. The molecule has 28 heavy (non-hydrogen) atoms. The van der Waals surface area contributed by atoms with E-state index in [0.717, 1.165) is 41.8 Å². The number of aromatic nitrogens is 2. The molecule has 2 N–H and O–H groups in total. The first kappa shape index (κ1) is 16.0. The summed E-state index contributed by atoms with van der Waals surface area (Å²) in [6, 6.07) is 12.9. The van der Waals surface area contributed by atoms with Gasteiger partial charge in [0.15, 0.2) is 0 Å². The van der Waals surface area contributed by atoms with Crippen LogP contribution in [0.3, 0.4) is 0 Å². The van der Waals surface area contributed by atoms with Gasteiger partial charge in [0, 0.05) is 33.8 Å². The van der Waals surface area contributed by atoms with Gasteiger partial charge < -0.3 is 10.1 Å². The highest BCUT2D eigenvalue weighted by Crippen LogP contribution is 2.38. The molecule has 0 spiro atoms. The number of hydrogen-bond acceptors (Lipinski definition) is 3. The van der Waals surface area contributed by atoms with Gasteiger partial charge in [-0.3, -0.25) is 4.99 Å². The molecular formula is C24H21N3O. The number of nitrogens with zero attached hydrogens (tertiary/aromatic N) is 2. The second-order valence-corrected chi connectivity index (χ2v) is 7.88. The zero-order chi connectivity index (χ0) is 18.7. The monoisotopic (exact) mass is 367 g/mol. The van der Waals surface area contributed by atoms with Crippen LogP contribution in [0.4, 0.5) is 0 Å². The molecule has 0 radical (unpaired) electrons. The lowest BCUT2D eigenvalue weighted by Gasteiger charge is -2.22. The van der Waals surface area contributed by atoms with Crippen LogP contribution in [-0.2, 0) is 26.0 Å². The van der Waals surface area contributed by atoms with Gasteiger partial charge >= 0.3 is 0 Å². The van der Waals surface area contributed by atoms with Crippen LogP contribution < -0.4 is 0 Å². The topological polar surface area (TPSA) is 61.3 Å². The number of H-pyrrole nitrogens is 1. The molecule has 138 valence electrons. The molecule has 1 aliphatic heterocycles. The van der Waals surface area contributed by atoms with Crippen molar-refractivity contribution in [3.05, 3.63) is 64.3 Å². The predicted molar refractivity (Wildman–Crippen MR) is 113 cm³/mol. The maximum atomic E-state index is 9.56. The molecule has 0 fully saturated rings. The van der Waals surface area contributed by atoms with E-state index < -0.39 is 0 Å². The average molecular weight is 367 g/mol. The number of aliphatic hydroxyl groups is 1. The third-order valence-electron chi connectivity index (χ3n) is 6.21. The van der Waals surface area contributed by atoms with E-state index in [2.05, 4.69) is 46.4 Å². The number of aliphatic hydroxyl groups excluding tert-OH is 1. The zero-order valence-corrected chi connectivity index (χ0v) is 15.6. The van der Waals surface area contributed by atoms with Crippen LogP contribution in [0.1, 0.15) is 40.8 Å². The third kappa shape index (κ3) is 2.28. The molecule has 0 saturated heterocycles. The van der Waals surface area contributed by atoms with E-state index >= 15 is 0 Å². The van der Waals surface area contributed by atoms with Crippen LogP contribution in [-0.4, -0.2) is 21.3 Å². The van der Waals surface area contributed by atoms with Gasteiger partial charge in [-0.05, 0) is 72.2 Å². The summed E-state index contributed by atoms with van der Waals surface area (Å²) in [5.41, 5.74) is 10.6. The molecule has 4 nitrogen and oxygen atoms in total. The van der Waals surface area contributed by atoms with E-state index in [0.29, 0.717) is 0 Å². The number of rotatable bonds is 2. The predicted octanol–water partition coefficient (Wildman–Crippen LogP) is 4.69. The van der Waals surface area contributed by atoms with E-state index in [1.54, 1.807) is 0 Å². The first-order chi connectivity index (χ1) is 13.8. The molecular weight excluding hydrogens is 346 g/mol. The SMILES string of the molecule is OCc1cc2c(ccc3nc(-c4ccc5c(c4)C=NC5)c4c(c32)CCCC4)[nH]1. The van der Waals surface area contributed by atoms with Gasteiger partial charge in [0.25, 0.3) is 0 Å². The Morgan fingerprint density at radius 3 is 2.79 bits per heavy atom. The quantitative estimate of drug-likeness (QED) is 0.540. The molecule has 4 heteroatoms. The Labute approximate surface area is 163 Å². The van der Waals surface area contributed by atoms with Crippen LogP contribution in [0.15, 0.2) is 41.4 Å². The van der Waals surface area contributed by atoms with Gasteiger partial charge in [-0.15, -0.1) is 0 Å². The number of benzene rings is 2. The first-order valence-electron chi connectivity index (χ1n) is 10.0. The molecule has 2 aromatic heterocycles. The van der Waals surface area contributed by atoms with Crippen molar-refractivity contribution in [1.29, 1.82) is 0 Å². The molecule has 0 atom stereocenters. The molecule has 3 heterocycles. The fourth-order valence-electron chi connectivity index (χ4n) is 4.86. The Morgan fingerprint density at radius 2 is 1.89 bits per heavy atom. The third-order valence-corrected chi connectivity index (χ3v) is 6.21. The summed E-state index contributed by atoms with van der Waals surface area (Å²) in [6.45, 7) is 0.818.